The van der Waals surface area contributed by atoms with Crippen molar-refractivity contribution < 1.29 is 33.8 Å². The third-order valence-corrected chi connectivity index (χ3v) is 12.5. The highest BCUT2D eigenvalue weighted by molar-refractivity contribution is 7.15. The van der Waals surface area contributed by atoms with Crippen LogP contribution < -0.4 is 11.1 Å². The Labute approximate surface area is 436 Å². The second kappa shape index (κ2) is 27.8. The summed E-state index contributed by atoms with van der Waals surface area (Å²) in [7, 11) is 2.96. The lowest BCUT2D eigenvalue weighted by atomic mass is 10.2. The van der Waals surface area contributed by atoms with E-state index in [1.807, 2.05) is 56.6 Å². The molecule has 0 spiro atoms. The number of nitrogens with two attached hydrogens (primary N) is 1. The van der Waals surface area contributed by atoms with E-state index in [9.17, 15) is 19.2 Å². The zero-order valence-corrected chi connectivity index (χ0v) is 45.6. The van der Waals surface area contributed by atoms with Crippen molar-refractivity contribution in [1.29, 1.82) is 0 Å². The largest absolute Gasteiger partial charge is 0.480 e. The van der Waals surface area contributed by atoms with Crippen LogP contribution in [-0.4, -0.2) is 129 Å². The summed E-state index contributed by atoms with van der Waals surface area (Å²) in [6.45, 7) is 18.6. The van der Waals surface area contributed by atoms with E-state index >= 15 is 0 Å². The van der Waals surface area contributed by atoms with E-state index in [0.29, 0.717) is 38.2 Å². The molecule has 0 radical (unpaired) electrons. The summed E-state index contributed by atoms with van der Waals surface area (Å²) in [6, 6.07) is 10.5. The number of amides is 3. The zero-order valence-electron chi connectivity index (χ0n) is 44.0. The first kappa shape index (κ1) is 58.7. The van der Waals surface area contributed by atoms with Crippen LogP contribution in [0.2, 0.25) is 0 Å². The van der Waals surface area contributed by atoms with Crippen molar-refractivity contribution in [1.82, 2.24) is 55.0 Å². The topological polar surface area (TPSA) is 255 Å². The van der Waals surface area contributed by atoms with Gasteiger partial charge in [-0.2, -0.15) is 0 Å². The molecule has 0 saturated carbocycles. The normalized spacial score (nSPS) is 12.0. The highest BCUT2D eigenvalue weighted by Gasteiger charge is 2.28. The number of carboxylic acid groups (broad SMARTS) is 1. The molecule has 73 heavy (non-hydrogen) atoms. The quantitative estimate of drug-likeness (QED) is 0.0726. The van der Waals surface area contributed by atoms with Crippen LogP contribution in [-0.2, 0) is 44.7 Å². The number of aromatic nitrogens is 8. The standard InChI is InChI=1S/C26H34N6O3S.C17H19N5S.C9H17NO4/c1-17(32(6)25(34)35-26(3,4)5)24(33)28-11-7-8-20-14-21(31-18(2)30-20)15-23-29-16-22(36-23)19-9-12-27-13-10-19;1-12-21-14(3-2-6-18)9-15(22-12)10-17-20-11-16(23-17)13-4-7-19-8-5-13;1-6(7(11)12)10(5)8(13)14-9(2,3)4/h9-10,12-14,16-17H,7-8,11,15H2,1-6H3,(H,28,33);4-5,7-9,11H,2-3,6,10,18H2,1H3;6H,1-5H3,(H,11,12)/t17-;;6-/m0.0/s1. The molecule has 6 aromatic heterocycles. The second-order valence-electron chi connectivity index (χ2n) is 19.0. The summed E-state index contributed by atoms with van der Waals surface area (Å²) in [4.78, 5) is 86.5. The van der Waals surface area contributed by atoms with Crippen molar-refractivity contribution in [2.45, 2.75) is 131 Å². The molecule has 0 aliphatic heterocycles. The number of ether oxygens (including phenoxy) is 2. The molecule has 0 aromatic carbocycles. The van der Waals surface area contributed by atoms with Gasteiger partial charge in [0.1, 0.15) is 34.9 Å². The highest BCUT2D eigenvalue weighted by atomic mass is 32.1. The van der Waals surface area contributed by atoms with Crippen molar-refractivity contribution in [3.63, 3.8) is 0 Å². The Balaban J connectivity index is 0.000000266. The maximum absolute atomic E-state index is 12.5. The number of rotatable bonds is 17. The van der Waals surface area contributed by atoms with Crippen molar-refractivity contribution in [3.05, 3.63) is 118 Å². The number of carbonyl (C=O) groups is 4. The number of aryl methyl sites for hydroxylation is 4. The summed E-state index contributed by atoms with van der Waals surface area (Å²) in [5, 5.41) is 13.6. The molecule has 0 saturated heterocycles. The zero-order chi connectivity index (χ0) is 53.9. The molecule has 0 aliphatic carbocycles. The number of likely N-dealkylation sites (N-methyl/N-ethyl adjacent to an activating group) is 2. The minimum Gasteiger partial charge on any atom is -0.480 e. The molecule has 19 nitrogen and oxygen atoms in total. The van der Waals surface area contributed by atoms with E-state index in [2.05, 4.69) is 51.3 Å². The van der Waals surface area contributed by atoms with Gasteiger partial charge in [0.15, 0.2) is 0 Å². The Hall–Kier alpha value is -6.84. The molecular formula is C52H70N12O7S2. The average Bonchev–Trinajstić information content (AvgIpc) is 4.01. The fourth-order valence-corrected chi connectivity index (χ4v) is 8.34. The average molecular weight is 1040 g/mol. The molecule has 0 unspecified atom stereocenters. The number of nitrogens with one attached hydrogen (secondary N) is 1. The summed E-state index contributed by atoms with van der Waals surface area (Å²) < 4.78 is 10.3. The SMILES string of the molecule is C[C@@H](C(=O)O)N(C)C(=O)OC(C)(C)C.Cc1nc(CCCN)cc(Cc2ncc(-c3ccncc3)s2)n1.Cc1nc(CCCNC(=O)[C@H](C)N(C)C(=O)OC(C)(C)C)cc(Cc2ncc(-c3ccncc3)s2)n1. The van der Waals surface area contributed by atoms with E-state index in [4.69, 9.17) is 20.3 Å². The number of thiazole rings is 2. The molecular weight excluding hydrogens is 969 g/mol. The molecule has 6 aromatic rings. The maximum Gasteiger partial charge on any atom is 0.410 e. The smallest absolute Gasteiger partial charge is 0.410 e. The van der Waals surface area contributed by atoms with Crippen LogP contribution in [0.3, 0.4) is 0 Å². The predicted octanol–water partition coefficient (Wildman–Crippen LogP) is 8.31. The molecule has 0 aliphatic rings. The Bertz CT molecular complexity index is 2710. The molecule has 0 bridgehead atoms. The molecule has 0 fully saturated rings. The first-order valence-electron chi connectivity index (χ1n) is 23.9. The minimum absolute atomic E-state index is 0.225. The predicted molar refractivity (Wildman–Crippen MR) is 283 cm³/mol. The monoisotopic (exact) mass is 1040 g/mol. The van der Waals surface area contributed by atoms with Gasteiger partial charge in [-0.15, -0.1) is 22.7 Å². The Morgan fingerprint density at radius 1 is 0.658 bits per heavy atom. The number of hydrogen-bond acceptors (Lipinski definition) is 17. The lowest BCUT2D eigenvalue weighted by Gasteiger charge is -2.28. The minimum atomic E-state index is -1.06. The van der Waals surface area contributed by atoms with Gasteiger partial charge in [-0.25, -0.2) is 44.3 Å². The summed E-state index contributed by atoms with van der Waals surface area (Å²) in [6.07, 6.45) is 14.4. The fourth-order valence-electron chi connectivity index (χ4n) is 6.46. The van der Waals surface area contributed by atoms with Gasteiger partial charge in [-0.3, -0.25) is 24.6 Å². The number of nitrogens with zero attached hydrogens (tertiary/aromatic N) is 10. The lowest BCUT2D eigenvalue weighted by Crippen LogP contribution is -2.47. The molecule has 392 valence electrons. The molecule has 21 heteroatoms. The van der Waals surface area contributed by atoms with Crippen LogP contribution in [0.15, 0.2) is 73.6 Å². The van der Waals surface area contributed by atoms with Gasteiger partial charge in [0.05, 0.1) is 31.2 Å². The van der Waals surface area contributed by atoms with Crippen molar-refractivity contribution in [3.8, 4) is 20.9 Å². The molecule has 6 rings (SSSR count). The third kappa shape index (κ3) is 20.7. The molecule has 3 amide bonds. The van der Waals surface area contributed by atoms with E-state index in [1.165, 1.54) is 18.9 Å². The summed E-state index contributed by atoms with van der Waals surface area (Å²) in [5.74, 6) is 0.237. The number of carboxylic acids is 1. The Morgan fingerprint density at radius 3 is 1.45 bits per heavy atom. The van der Waals surface area contributed by atoms with Crippen LogP contribution in [0.25, 0.3) is 20.9 Å². The van der Waals surface area contributed by atoms with Crippen molar-refractivity contribution in [2.75, 3.05) is 27.2 Å². The van der Waals surface area contributed by atoms with E-state index in [-0.39, 0.29) is 5.91 Å². The molecule has 4 N–H and O–H groups in total. The Kier molecular flexibility index (Phi) is 22.4. The summed E-state index contributed by atoms with van der Waals surface area (Å²) in [5.41, 5.74) is 10.5. The summed E-state index contributed by atoms with van der Waals surface area (Å²) >= 11 is 3.33. The van der Waals surface area contributed by atoms with E-state index in [1.54, 1.807) is 103 Å². The van der Waals surface area contributed by atoms with Gasteiger partial charge in [-0.1, -0.05) is 0 Å². The number of pyridine rings is 2. The van der Waals surface area contributed by atoms with E-state index in [0.717, 1.165) is 83.7 Å². The fraction of sp³-hybridized carbons (Fsp3) is 0.462. The molecule has 2 atom stereocenters. The highest BCUT2D eigenvalue weighted by Crippen LogP contribution is 2.28. The van der Waals surface area contributed by atoms with Gasteiger partial charge < -0.3 is 25.6 Å². The van der Waals surface area contributed by atoms with Crippen molar-refractivity contribution in [2.24, 2.45) is 5.73 Å². The number of aliphatic carboxylic acids is 1. The molecule has 6 heterocycles. The van der Waals surface area contributed by atoms with Crippen LogP contribution in [0, 0.1) is 13.8 Å². The van der Waals surface area contributed by atoms with Gasteiger partial charge in [-0.05, 0) is 149 Å². The second-order valence-corrected chi connectivity index (χ2v) is 21.2. The van der Waals surface area contributed by atoms with Gasteiger partial charge in [0, 0.05) is 82.1 Å². The van der Waals surface area contributed by atoms with Crippen LogP contribution in [0.4, 0.5) is 9.59 Å². The first-order chi connectivity index (χ1) is 34.4. The lowest BCUT2D eigenvalue weighted by molar-refractivity contribution is -0.142. The van der Waals surface area contributed by atoms with Crippen LogP contribution in [0.5, 0.6) is 0 Å². The van der Waals surface area contributed by atoms with Crippen LogP contribution >= 0.6 is 22.7 Å². The van der Waals surface area contributed by atoms with Gasteiger partial charge in [0.2, 0.25) is 5.91 Å². The number of hydrogen-bond donors (Lipinski definition) is 3. The van der Waals surface area contributed by atoms with E-state index < -0.39 is 41.4 Å². The van der Waals surface area contributed by atoms with Gasteiger partial charge in [0.25, 0.3) is 0 Å². The van der Waals surface area contributed by atoms with Crippen LogP contribution in [0.1, 0.15) is 113 Å². The number of carbonyl (C=O) groups excluding carboxylic acids is 3. The maximum atomic E-state index is 12.5. The Morgan fingerprint density at radius 2 is 1.05 bits per heavy atom. The van der Waals surface area contributed by atoms with Gasteiger partial charge >= 0.3 is 18.2 Å². The van der Waals surface area contributed by atoms with Crippen molar-refractivity contribution >= 4 is 46.7 Å². The third-order valence-electron chi connectivity index (χ3n) is 10.4. The first-order valence-corrected chi connectivity index (χ1v) is 25.5.